The molecule has 0 aliphatic rings. The Morgan fingerprint density at radius 2 is 1.73 bits per heavy atom. The molecule has 2 aromatic carbocycles. The first-order valence-corrected chi connectivity index (χ1v) is 10.4. The van der Waals surface area contributed by atoms with Crippen molar-refractivity contribution < 1.29 is 23.5 Å². The number of rotatable bonds is 7. The van der Waals surface area contributed by atoms with Crippen molar-refractivity contribution in [2.75, 3.05) is 17.7 Å². The Morgan fingerprint density at radius 3 is 2.36 bits per heavy atom. The smallest absolute Gasteiger partial charge is 0.328 e. The minimum absolute atomic E-state index is 0.175. The summed E-state index contributed by atoms with van der Waals surface area (Å²) in [6.45, 7) is 3.57. The van der Waals surface area contributed by atoms with Gasteiger partial charge < -0.3 is 25.1 Å². The van der Waals surface area contributed by atoms with Gasteiger partial charge in [0.1, 0.15) is 6.04 Å². The van der Waals surface area contributed by atoms with Gasteiger partial charge in [-0.3, -0.25) is 4.79 Å². The number of hydrogen-bond acceptors (Lipinski definition) is 6. The third-order valence-electron chi connectivity index (χ3n) is 4.66. The van der Waals surface area contributed by atoms with Crippen LogP contribution in [-0.2, 0) is 9.53 Å². The van der Waals surface area contributed by atoms with Crippen LogP contribution in [-0.4, -0.2) is 36.0 Å². The molecule has 1 heterocycles. The predicted octanol–water partition coefficient (Wildman–Crippen LogP) is 4.57. The molecule has 9 nitrogen and oxygen atoms in total. The Morgan fingerprint density at radius 1 is 1.03 bits per heavy atom. The Kier molecular flexibility index (Phi) is 7.68. The predicted molar refractivity (Wildman–Crippen MR) is 124 cm³/mol. The van der Waals surface area contributed by atoms with E-state index in [1.807, 2.05) is 0 Å². The second kappa shape index (κ2) is 10.6. The highest BCUT2D eigenvalue weighted by Crippen LogP contribution is 2.24. The first-order valence-electron chi connectivity index (χ1n) is 10.1. The number of esters is 1. The van der Waals surface area contributed by atoms with E-state index in [1.54, 1.807) is 62.4 Å². The highest BCUT2D eigenvalue weighted by Gasteiger charge is 2.27. The van der Waals surface area contributed by atoms with Crippen molar-refractivity contribution in [3.05, 3.63) is 65.6 Å². The van der Waals surface area contributed by atoms with Gasteiger partial charge >= 0.3 is 17.9 Å². The monoisotopic (exact) mass is 470 g/mol. The van der Waals surface area contributed by atoms with Gasteiger partial charge in [0.2, 0.25) is 0 Å². The zero-order chi connectivity index (χ0) is 24.0. The van der Waals surface area contributed by atoms with Crippen molar-refractivity contribution in [2.45, 2.75) is 19.9 Å². The molecule has 3 rings (SSSR count). The first kappa shape index (κ1) is 23.8. The molecule has 0 aliphatic carbocycles. The van der Waals surface area contributed by atoms with Crippen LogP contribution in [0.3, 0.4) is 0 Å². The number of para-hydroxylation sites is 1. The molecule has 0 fully saturated rings. The number of aromatic nitrogens is 1. The summed E-state index contributed by atoms with van der Waals surface area (Å²) in [6, 6.07) is 12.4. The first-order chi connectivity index (χ1) is 15.8. The van der Waals surface area contributed by atoms with Gasteiger partial charge in [0, 0.05) is 11.3 Å². The third kappa shape index (κ3) is 6.11. The number of carbonyl (C=O) groups is 3. The van der Waals surface area contributed by atoms with E-state index in [2.05, 4.69) is 20.9 Å². The zero-order valence-electron chi connectivity index (χ0n) is 18.2. The van der Waals surface area contributed by atoms with Crippen LogP contribution in [0.25, 0.3) is 11.3 Å². The number of anilines is 2. The largest absolute Gasteiger partial charge is 0.467 e. The highest BCUT2D eigenvalue weighted by molar-refractivity contribution is 6.33. The summed E-state index contributed by atoms with van der Waals surface area (Å²) in [4.78, 5) is 40.5. The van der Waals surface area contributed by atoms with E-state index in [9.17, 15) is 14.4 Å². The van der Waals surface area contributed by atoms with Crippen molar-refractivity contribution in [2.24, 2.45) is 5.92 Å². The number of urea groups is 1. The summed E-state index contributed by atoms with van der Waals surface area (Å²) in [5, 5.41) is 8.37. The molecule has 0 aliphatic heterocycles. The SMILES string of the molecule is COC(=O)C(NC(=O)c1ncc(-c2ccc(NC(=O)Nc3ccccc3Cl)cc2)o1)C(C)C. The standard InChI is InChI=1S/C23H23ClN4O5/c1-13(2)19(22(30)32-3)28-20(29)21-25-12-18(33-21)14-8-10-15(11-9-14)26-23(31)27-17-7-5-4-6-16(17)24/h4-13,19H,1-3H3,(H,28,29)(H2,26,27,31). The normalized spacial score (nSPS) is 11.5. The van der Waals surface area contributed by atoms with Gasteiger partial charge in [-0.25, -0.2) is 14.6 Å². The van der Waals surface area contributed by atoms with Crippen molar-refractivity contribution in [3.63, 3.8) is 0 Å². The molecular formula is C23H23ClN4O5. The minimum atomic E-state index is -0.819. The fourth-order valence-electron chi connectivity index (χ4n) is 2.91. The molecule has 3 amide bonds. The van der Waals surface area contributed by atoms with Gasteiger partial charge in [-0.05, 0) is 42.3 Å². The van der Waals surface area contributed by atoms with Gasteiger partial charge in [0.25, 0.3) is 5.89 Å². The molecule has 1 unspecified atom stereocenters. The van der Waals surface area contributed by atoms with Crippen LogP contribution in [0.2, 0.25) is 5.02 Å². The lowest BCUT2D eigenvalue weighted by Crippen LogP contribution is -2.45. The van der Waals surface area contributed by atoms with Crippen molar-refractivity contribution >= 4 is 40.9 Å². The second-order valence-corrected chi connectivity index (χ2v) is 7.79. The Hall–Kier alpha value is -3.85. The van der Waals surface area contributed by atoms with Gasteiger partial charge in [0.15, 0.2) is 5.76 Å². The Bertz CT molecular complexity index is 1140. The van der Waals surface area contributed by atoms with Gasteiger partial charge in [-0.15, -0.1) is 0 Å². The number of nitrogens with one attached hydrogen (secondary N) is 3. The summed E-state index contributed by atoms with van der Waals surface area (Å²) in [5.41, 5.74) is 1.68. The van der Waals surface area contributed by atoms with Crippen molar-refractivity contribution in [1.29, 1.82) is 0 Å². The molecule has 3 N–H and O–H groups in total. The fraction of sp³-hybridized carbons (Fsp3) is 0.217. The third-order valence-corrected chi connectivity index (χ3v) is 4.99. The summed E-state index contributed by atoms with van der Waals surface area (Å²) >= 11 is 6.04. The van der Waals surface area contributed by atoms with E-state index in [4.69, 9.17) is 20.8 Å². The fourth-order valence-corrected chi connectivity index (χ4v) is 3.09. The van der Waals surface area contributed by atoms with Gasteiger partial charge in [0.05, 0.1) is 24.0 Å². The molecule has 3 aromatic rings. The van der Waals surface area contributed by atoms with Crippen molar-refractivity contribution in [1.82, 2.24) is 10.3 Å². The molecule has 0 saturated heterocycles. The number of hydrogen-bond donors (Lipinski definition) is 3. The number of ether oxygens (including phenoxy) is 1. The Balaban J connectivity index is 1.63. The van der Waals surface area contributed by atoms with Gasteiger partial charge in [-0.1, -0.05) is 37.6 Å². The van der Waals surface area contributed by atoms with Crippen LogP contribution < -0.4 is 16.0 Å². The van der Waals surface area contributed by atoms with E-state index in [0.29, 0.717) is 27.7 Å². The molecular weight excluding hydrogens is 448 g/mol. The maximum atomic E-state index is 12.4. The average molecular weight is 471 g/mol. The maximum Gasteiger partial charge on any atom is 0.328 e. The van der Waals surface area contributed by atoms with Crippen LogP contribution in [0.4, 0.5) is 16.2 Å². The average Bonchev–Trinajstić information content (AvgIpc) is 3.29. The number of benzene rings is 2. The number of methoxy groups -OCH3 is 1. The van der Waals surface area contributed by atoms with Crippen molar-refractivity contribution in [3.8, 4) is 11.3 Å². The molecule has 0 radical (unpaired) electrons. The quantitative estimate of drug-likeness (QED) is 0.435. The molecule has 10 heteroatoms. The van der Waals surface area contributed by atoms with E-state index in [0.717, 1.165) is 0 Å². The molecule has 0 saturated carbocycles. The lowest BCUT2D eigenvalue weighted by Gasteiger charge is -2.18. The van der Waals surface area contributed by atoms with E-state index in [-0.39, 0.29) is 11.8 Å². The second-order valence-electron chi connectivity index (χ2n) is 7.38. The summed E-state index contributed by atoms with van der Waals surface area (Å²) in [5.74, 6) is -1.18. The molecule has 0 spiro atoms. The number of oxazole rings is 1. The molecule has 1 atom stereocenters. The van der Waals surface area contributed by atoms with Crippen LogP contribution in [0.1, 0.15) is 24.5 Å². The molecule has 1 aromatic heterocycles. The molecule has 172 valence electrons. The highest BCUT2D eigenvalue weighted by atomic mass is 35.5. The van der Waals surface area contributed by atoms with Crippen LogP contribution >= 0.6 is 11.6 Å². The van der Waals surface area contributed by atoms with E-state index < -0.39 is 23.9 Å². The Labute approximate surface area is 195 Å². The van der Waals surface area contributed by atoms with Crippen LogP contribution in [0.5, 0.6) is 0 Å². The number of halogens is 1. The van der Waals surface area contributed by atoms with Gasteiger partial charge in [-0.2, -0.15) is 0 Å². The molecule has 33 heavy (non-hydrogen) atoms. The number of nitrogens with zero attached hydrogens (tertiary/aromatic N) is 1. The van der Waals surface area contributed by atoms with E-state index in [1.165, 1.54) is 13.3 Å². The summed E-state index contributed by atoms with van der Waals surface area (Å²) < 4.78 is 10.3. The maximum absolute atomic E-state index is 12.4. The summed E-state index contributed by atoms with van der Waals surface area (Å²) in [6.07, 6.45) is 1.41. The van der Waals surface area contributed by atoms with Crippen LogP contribution in [0.15, 0.2) is 59.1 Å². The lowest BCUT2D eigenvalue weighted by molar-refractivity contribution is -0.144. The topological polar surface area (TPSA) is 123 Å². The number of carbonyl (C=O) groups excluding carboxylic acids is 3. The zero-order valence-corrected chi connectivity index (χ0v) is 19.0. The minimum Gasteiger partial charge on any atom is -0.467 e. The van der Waals surface area contributed by atoms with Crippen LogP contribution in [0, 0.1) is 5.92 Å². The molecule has 0 bridgehead atoms. The van der Waals surface area contributed by atoms with E-state index >= 15 is 0 Å². The number of amides is 3. The lowest BCUT2D eigenvalue weighted by atomic mass is 10.0. The summed E-state index contributed by atoms with van der Waals surface area (Å²) in [7, 11) is 1.26.